The fourth-order valence-corrected chi connectivity index (χ4v) is 1.78. The van der Waals surface area contributed by atoms with E-state index < -0.39 is 0 Å². The third-order valence-electron chi connectivity index (χ3n) is 3.18. The van der Waals surface area contributed by atoms with E-state index in [-0.39, 0.29) is 11.9 Å². The van der Waals surface area contributed by atoms with Gasteiger partial charge in [0.1, 0.15) is 11.5 Å². The lowest BCUT2D eigenvalue weighted by Crippen LogP contribution is -2.38. The summed E-state index contributed by atoms with van der Waals surface area (Å²) in [5.74, 6) is 1.00. The van der Waals surface area contributed by atoms with Crippen molar-refractivity contribution in [3.63, 3.8) is 0 Å². The lowest BCUT2D eigenvalue weighted by molar-refractivity contribution is -0.119. The van der Waals surface area contributed by atoms with Crippen LogP contribution < -0.4 is 15.8 Å². The average molecular weight is 295 g/mol. The number of amides is 1. The normalized spacial score (nSPS) is 11.5. The first-order valence-electron chi connectivity index (χ1n) is 6.88. The number of hydrogen-bond donors (Lipinski definition) is 2. The molecule has 0 aromatic heterocycles. The molecule has 3 N–H and O–H groups in total. The van der Waals surface area contributed by atoms with Crippen LogP contribution in [0.4, 0.5) is 0 Å². The third-order valence-corrected chi connectivity index (χ3v) is 3.18. The van der Waals surface area contributed by atoms with Gasteiger partial charge < -0.3 is 15.8 Å². The van der Waals surface area contributed by atoms with Crippen LogP contribution >= 0.6 is 0 Å². The molecule has 0 saturated heterocycles. The second-order valence-corrected chi connectivity index (χ2v) is 4.89. The third kappa shape index (κ3) is 4.33. The summed E-state index contributed by atoms with van der Waals surface area (Å²) in [6, 6.07) is 16.1. The van der Waals surface area contributed by atoms with Crippen molar-refractivity contribution >= 4 is 5.91 Å². The molecule has 5 heteroatoms. The highest BCUT2D eigenvalue weighted by molar-refractivity contribution is 5.79. The van der Waals surface area contributed by atoms with Crippen molar-refractivity contribution in [1.82, 2.24) is 5.32 Å². The molecular formula is C17H17N3O2. The van der Waals surface area contributed by atoms with Gasteiger partial charge in [-0.25, -0.2) is 0 Å². The number of rotatable bonds is 6. The SMILES string of the molecule is C[C@H](NCc1ccc(Oc2ccc(C#N)cc2)cc1)C(N)=O. The van der Waals surface area contributed by atoms with Crippen molar-refractivity contribution in [3.05, 3.63) is 59.7 Å². The van der Waals surface area contributed by atoms with Gasteiger partial charge in [0.15, 0.2) is 0 Å². The second kappa shape index (κ2) is 7.25. The molecule has 112 valence electrons. The Labute approximate surface area is 129 Å². The Morgan fingerprint density at radius 2 is 1.73 bits per heavy atom. The predicted molar refractivity (Wildman–Crippen MR) is 83.2 cm³/mol. The summed E-state index contributed by atoms with van der Waals surface area (Å²) in [6.45, 7) is 2.28. The van der Waals surface area contributed by atoms with Crippen LogP contribution in [0.25, 0.3) is 0 Å². The van der Waals surface area contributed by atoms with Gasteiger partial charge in [0.2, 0.25) is 5.91 Å². The van der Waals surface area contributed by atoms with Gasteiger partial charge in [0.25, 0.3) is 0 Å². The largest absolute Gasteiger partial charge is 0.457 e. The Hall–Kier alpha value is -2.84. The Balaban J connectivity index is 1.93. The minimum atomic E-state index is -0.374. The molecule has 0 aliphatic heterocycles. The van der Waals surface area contributed by atoms with Gasteiger partial charge in [-0.1, -0.05) is 12.1 Å². The fraction of sp³-hybridized carbons (Fsp3) is 0.176. The molecule has 2 rings (SSSR count). The van der Waals surface area contributed by atoms with E-state index in [2.05, 4.69) is 11.4 Å². The van der Waals surface area contributed by atoms with Gasteiger partial charge in [0, 0.05) is 6.54 Å². The van der Waals surface area contributed by atoms with Crippen molar-refractivity contribution in [1.29, 1.82) is 5.26 Å². The molecule has 0 heterocycles. The molecule has 1 amide bonds. The lowest BCUT2D eigenvalue weighted by atomic mass is 10.2. The van der Waals surface area contributed by atoms with Crippen molar-refractivity contribution in [2.45, 2.75) is 19.5 Å². The average Bonchev–Trinajstić information content (AvgIpc) is 2.54. The molecule has 0 bridgehead atoms. The molecule has 22 heavy (non-hydrogen) atoms. The van der Waals surface area contributed by atoms with Crippen LogP contribution in [0, 0.1) is 11.3 Å². The fourth-order valence-electron chi connectivity index (χ4n) is 1.78. The molecule has 5 nitrogen and oxygen atoms in total. The maximum Gasteiger partial charge on any atom is 0.234 e. The van der Waals surface area contributed by atoms with E-state index in [0.29, 0.717) is 23.6 Å². The molecule has 2 aromatic rings. The minimum Gasteiger partial charge on any atom is -0.457 e. The highest BCUT2D eigenvalue weighted by atomic mass is 16.5. The molecule has 0 aliphatic rings. The highest BCUT2D eigenvalue weighted by Gasteiger charge is 2.07. The van der Waals surface area contributed by atoms with E-state index in [1.165, 1.54) is 0 Å². The van der Waals surface area contributed by atoms with E-state index in [1.54, 1.807) is 31.2 Å². The number of nitrogens with two attached hydrogens (primary N) is 1. The van der Waals surface area contributed by atoms with Crippen LogP contribution in [0.5, 0.6) is 11.5 Å². The maximum atomic E-state index is 10.9. The summed E-state index contributed by atoms with van der Waals surface area (Å²) >= 11 is 0. The van der Waals surface area contributed by atoms with Gasteiger partial charge in [-0.3, -0.25) is 4.79 Å². The van der Waals surface area contributed by atoms with Gasteiger partial charge in [-0.2, -0.15) is 5.26 Å². The number of carbonyl (C=O) groups is 1. The molecular weight excluding hydrogens is 278 g/mol. The number of carbonyl (C=O) groups excluding carboxylic acids is 1. The second-order valence-electron chi connectivity index (χ2n) is 4.89. The monoisotopic (exact) mass is 295 g/mol. The van der Waals surface area contributed by atoms with Crippen LogP contribution in [0.3, 0.4) is 0 Å². The van der Waals surface area contributed by atoms with Crippen LogP contribution in [-0.4, -0.2) is 11.9 Å². The Kier molecular flexibility index (Phi) is 5.12. The van der Waals surface area contributed by atoms with Crippen molar-refractivity contribution in [3.8, 4) is 17.6 Å². The van der Waals surface area contributed by atoms with E-state index in [1.807, 2.05) is 24.3 Å². The Morgan fingerprint density at radius 3 is 2.23 bits per heavy atom. The van der Waals surface area contributed by atoms with E-state index in [4.69, 9.17) is 15.7 Å². The number of ether oxygens (including phenoxy) is 1. The Morgan fingerprint density at radius 1 is 1.18 bits per heavy atom. The minimum absolute atomic E-state index is 0.366. The summed E-state index contributed by atoms with van der Waals surface area (Å²) in [6.07, 6.45) is 0. The van der Waals surface area contributed by atoms with E-state index in [0.717, 1.165) is 5.56 Å². The molecule has 2 aromatic carbocycles. The number of hydrogen-bond acceptors (Lipinski definition) is 4. The standard InChI is InChI=1S/C17H17N3O2/c1-12(17(19)21)20-11-14-4-8-16(9-5-14)22-15-6-2-13(10-18)3-7-15/h2-9,12,20H,11H2,1H3,(H2,19,21)/t12-/m0/s1. The van der Waals surface area contributed by atoms with Gasteiger partial charge in [-0.05, 0) is 48.9 Å². The molecule has 1 atom stereocenters. The first-order valence-corrected chi connectivity index (χ1v) is 6.88. The molecule has 0 aliphatic carbocycles. The first kappa shape index (κ1) is 15.5. The van der Waals surface area contributed by atoms with Crippen molar-refractivity contribution in [2.75, 3.05) is 0 Å². The smallest absolute Gasteiger partial charge is 0.234 e. The molecule has 0 radical (unpaired) electrons. The number of nitrogens with zero attached hydrogens (tertiary/aromatic N) is 1. The Bertz CT molecular complexity index is 673. The topological polar surface area (TPSA) is 88.1 Å². The highest BCUT2D eigenvalue weighted by Crippen LogP contribution is 2.22. The number of primary amides is 1. The zero-order valence-electron chi connectivity index (χ0n) is 12.2. The molecule has 0 unspecified atom stereocenters. The van der Waals surface area contributed by atoms with Gasteiger partial charge in [-0.15, -0.1) is 0 Å². The summed E-state index contributed by atoms with van der Waals surface area (Å²) in [5.41, 5.74) is 6.81. The maximum absolute atomic E-state index is 10.9. The quantitative estimate of drug-likeness (QED) is 0.856. The van der Waals surface area contributed by atoms with Crippen LogP contribution in [0.2, 0.25) is 0 Å². The zero-order chi connectivity index (χ0) is 15.9. The number of nitrogens with one attached hydrogen (secondary N) is 1. The summed E-state index contributed by atoms with van der Waals surface area (Å²) < 4.78 is 5.69. The molecule has 0 saturated carbocycles. The van der Waals surface area contributed by atoms with Crippen LogP contribution in [0.15, 0.2) is 48.5 Å². The van der Waals surface area contributed by atoms with Crippen molar-refractivity contribution < 1.29 is 9.53 Å². The van der Waals surface area contributed by atoms with Gasteiger partial charge in [0.05, 0.1) is 17.7 Å². The first-order chi connectivity index (χ1) is 10.6. The molecule has 0 fully saturated rings. The van der Waals surface area contributed by atoms with E-state index >= 15 is 0 Å². The zero-order valence-corrected chi connectivity index (χ0v) is 12.2. The number of nitriles is 1. The summed E-state index contributed by atoms with van der Waals surface area (Å²) in [7, 11) is 0. The van der Waals surface area contributed by atoms with Crippen LogP contribution in [-0.2, 0) is 11.3 Å². The summed E-state index contributed by atoms with van der Waals surface area (Å²) in [4.78, 5) is 10.9. The lowest BCUT2D eigenvalue weighted by Gasteiger charge is -2.10. The van der Waals surface area contributed by atoms with E-state index in [9.17, 15) is 4.79 Å². The van der Waals surface area contributed by atoms with Gasteiger partial charge >= 0.3 is 0 Å². The van der Waals surface area contributed by atoms with Crippen molar-refractivity contribution in [2.24, 2.45) is 5.73 Å². The van der Waals surface area contributed by atoms with Crippen LogP contribution in [0.1, 0.15) is 18.1 Å². The predicted octanol–water partition coefficient (Wildman–Crippen LogP) is 2.31. The summed E-state index contributed by atoms with van der Waals surface area (Å²) in [5, 5.41) is 11.8. The number of benzene rings is 2. The molecule has 0 spiro atoms.